The van der Waals surface area contributed by atoms with Gasteiger partial charge in [0.05, 0.1) is 0 Å². The monoisotopic (exact) mass is 439 g/mol. The Hall–Kier alpha value is -3.10. The minimum Gasteiger partial charge on any atom is -0.311 e. The van der Waals surface area contributed by atoms with Gasteiger partial charge >= 0.3 is 5.69 Å². The first-order chi connectivity index (χ1) is 14.5. The molecule has 2 heterocycles. The third kappa shape index (κ3) is 4.72. The molecule has 0 unspecified atom stereocenters. The zero-order valence-corrected chi connectivity index (χ0v) is 17.6. The first-order valence-corrected chi connectivity index (χ1v) is 10.6. The van der Waals surface area contributed by atoms with E-state index in [2.05, 4.69) is 20.2 Å². The van der Waals surface area contributed by atoms with Gasteiger partial charge in [-0.2, -0.15) is 0 Å². The summed E-state index contributed by atoms with van der Waals surface area (Å²) in [6.45, 7) is 2.01. The Morgan fingerprint density at radius 1 is 1.03 bits per heavy atom. The lowest BCUT2D eigenvalue weighted by Gasteiger charge is -2.11. The van der Waals surface area contributed by atoms with Gasteiger partial charge in [-0.15, -0.1) is 10.2 Å². The number of benzene rings is 2. The highest BCUT2D eigenvalue weighted by Crippen LogP contribution is 2.27. The molecule has 0 saturated carbocycles. The summed E-state index contributed by atoms with van der Waals surface area (Å²) in [4.78, 5) is 28.1. The summed E-state index contributed by atoms with van der Waals surface area (Å²) in [5.41, 5.74) is 2.56. The molecule has 7 nitrogen and oxygen atoms in total. The molecule has 0 aliphatic carbocycles. The van der Waals surface area contributed by atoms with Gasteiger partial charge < -0.3 is 4.98 Å². The second kappa shape index (κ2) is 8.73. The molecular formula is C21H18ClN5O2S. The topological polar surface area (TPSA) is 96.4 Å². The van der Waals surface area contributed by atoms with Gasteiger partial charge in [-0.1, -0.05) is 47.6 Å². The number of aryl methyl sites for hydroxylation is 1. The largest absolute Gasteiger partial charge is 0.325 e. The molecule has 0 fully saturated rings. The minimum atomic E-state index is -0.547. The van der Waals surface area contributed by atoms with Crippen LogP contribution in [0.4, 0.5) is 0 Å². The first-order valence-electron chi connectivity index (χ1n) is 9.19. The van der Waals surface area contributed by atoms with Gasteiger partial charge in [0.25, 0.3) is 5.56 Å². The number of nitrogens with one attached hydrogen (secondary N) is 2. The number of aromatic amines is 2. The van der Waals surface area contributed by atoms with Crippen molar-refractivity contribution in [2.45, 2.75) is 24.3 Å². The maximum Gasteiger partial charge on any atom is 0.325 e. The molecule has 0 bridgehead atoms. The van der Waals surface area contributed by atoms with Crippen molar-refractivity contribution in [3.05, 3.63) is 103 Å². The predicted molar refractivity (Wildman–Crippen MR) is 118 cm³/mol. The number of thioether (sulfide) groups is 1. The Balaban J connectivity index is 1.71. The highest BCUT2D eigenvalue weighted by molar-refractivity contribution is 7.98. The van der Waals surface area contributed by atoms with Crippen LogP contribution < -0.4 is 11.2 Å². The highest BCUT2D eigenvalue weighted by atomic mass is 35.5. The Labute approximate surface area is 181 Å². The van der Waals surface area contributed by atoms with Crippen LogP contribution in [0.25, 0.3) is 5.69 Å². The van der Waals surface area contributed by atoms with E-state index in [9.17, 15) is 9.59 Å². The third-order valence-corrected chi connectivity index (χ3v) is 5.62. The van der Waals surface area contributed by atoms with Crippen molar-refractivity contribution < 1.29 is 0 Å². The summed E-state index contributed by atoms with van der Waals surface area (Å²) in [6.07, 6.45) is 0.262. The summed E-state index contributed by atoms with van der Waals surface area (Å²) >= 11 is 7.63. The third-order valence-electron chi connectivity index (χ3n) is 4.38. The van der Waals surface area contributed by atoms with E-state index in [0.717, 1.165) is 16.8 Å². The Bertz CT molecular complexity index is 1280. The molecule has 9 heteroatoms. The molecule has 2 aromatic heterocycles. The van der Waals surface area contributed by atoms with Crippen molar-refractivity contribution >= 4 is 23.4 Å². The van der Waals surface area contributed by atoms with Crippen LogP contribution in [-0.4, -0.2) is 24.7 Å². The molecule has 4 rings (SSSR count). The van der Waals surface area contributed by atoms with Crippen molar-refractivity contribution in [2.75, 3.05) is 0 Å². The van der Waals surface area contributed by atoms with Crippen LogP contribution in [0.3, 0.4) is 0 Å². The van der Waals surface area contributed by atoms with Crippen molar-refractivity contribution in [3.63, 3.8) is 0 Å². The number of H-pyrrole nitrogens is 2. The van der Waals surface area contributed by atoms with Gasteiger partial charge in [0, 0.05) is 34.6 Å². The van der Waals surface area contributed by atoms with E-state index >= 15 is 0 Å². The summed E-state index contributed by atoms with van der Waals surface area (Å²) in [7, 11) is 0. The molecule has 2 N–H and O–H groups in total. The van der Waals surface area contributed by atoms with E-state index in [4.69, 9.17) is 11.6 Å². The molecule has 0 atom stereocenters. The second-order valence-electron chi connectivity index (χ2n) is 6.78. The highest BCUT2D eigenvalue weighted by Gasteiger charge is 2.16. The normalized spacial score (nSPS) is 11.0. The zero-order chi connectivity index (χ0) is 21.1. The molecular weight excluding hydrogens is 422 g/mol. The standard InChI is InChI=1S/C21H18ClN5O2S/c1-13-4-2-7-17(8-13)27-18(10-16-11-19(28)24-20(29)23-16)25-26-21(27)30-12-14-5-3-6-15(22)9-14/h2-9,11H,10,12H2,1H3,(H2,23,24,28,29). The van der Waals surface area contributed by atoms with Crippen LogP contribution in [0.1, 0.15) is 22.6 Å². The minimum absolute atomic E-state index is 0.262. The predicted octanol–water partition coefficient (Wildman–Crippen LogP) is 3.49. The lowest BCUT2D eigenvalue weighted by Crippen LogP contribution is -2.23. The van der Waals surface area contributed by atoms with Crippen LogP contribution in [0.15, 0.2) is 69.3 Å². The van der Waals surface area contributed by atoms with Gasteiger partial charge in [0.2, 0.25) is 0 Å². The molecule has 152 valence electrons. The molecule has 0 spiro atoms. The van der Waals surface area contributed by atoms with E-state index in [1.165, 1.54) is 17.8 Å². The number of rotatable bonds is 6. The molecule has 2 aromatic carbocycles. The van der Waals surface area contributed by atoms with Crippen molar-refractivity contribution in [3.8, 4) is 5.69 Å². The Morgan fingerprint density at radius 2 is 1.87 bits per heavy atom. The summed E-state index contributed by atoms with van der Waals surface area (Å²) in [6, 6.07) is 17.0. The van der Waals surface area contributed by atoms with E-state index in [1.807, 2.05) is 60.0 Å². The van der Waals surface area contributed by atoms with Crippen molar-refractivity contribution in [2.24, 2.45) is 0 Å². The number of halogens is 1. The van der Waals surface area contributed by atoms with E-state index in [-0.39, 0.29) is 6.42 Å². The molecule has 30 heavy (non-hydrogen) atoms. The van der Waals surface area contributed by atoms with Crippen LogP contribution >= 0.6 is 23.4 Å². The van der Waals surface area contributed by atoms with Crippen LogP contribution in [0.2, 0.25) is 5.02 Å². The number of nitrogens with zero attached hydrogens (tertiary/aromatic N) is 3. The summed E-state index contributed by atoms with van der Waals surface area (Å²) in [5.74, 6) is 1.29. The van der Waals surface area contributed by atoms with Gasteiger partial charge in [-0.3, -0.25) is 14.3 Å². The average Bonchev–Trinajstić information content (AvgIpc) is 3.08. The van der Waals surface area contributed by atoms with Crippen LogP contribution in [0.5, 0.6) is 0 Å². The second-order valence-corrected chi connectivity index (χ2v) is 8.16. The lowest BCUT2D eigenvalue weighted by atomic mass is 10.2. The van der Waals surface area contributed by atoms with Gasteiger partial charge in [0.1, 0.15) is 5.82 Å². The maximum absolute atomic E-state index is 11.7. The summed E-state index contributed by atoms with van der Waals surface area (Å²) < 4.78 is 1.95. The Morgan fingerprint density at radius 3 is 2.63 bits per heavy atom. The van der Waals surface area contributed by atoms with Gasteiger partial charge in [-0.25, -0.2) is 4.79 Å². The number of hydrogen-bond donors (Lipinski definition) is 2. The smallest absolute Gasteiger partial charge is 0.311 e. The van der Waals surface area contributed by atoms with Crippen molar-refractivity contribution in [1.82, 2.24) is 24.7 Å². The molecule has 0 radical (unpaired) electrons. The van der Waals surface area contributed by atoms with Gasteiger partial charge in [0.15, 0.2) is 5.16 Å². The zero-order valence-electron chi connectivity index (χ0n) is 16.1. The molecule has 0 aliphatic rings. The first kappa shape index (κ1) is 20.2. The van der Waals surface area contributed by atoms with E-state index in [0.29, 0.717) is 27.5 Å². The SMILES string of the molecule is Cc1cccc(-n2c(Cc3cc(=O)[nH]c(=O)[nH]3)nnc2SCc2cccc(Cl)c2)c1. The van der Waals surface area contributed by atoms with Gasteiger partial charge in [-0.05, 0) is 42.3 Å². The number of aromatic nitrogens is 5. The quantitative estimate of drug-likeness (QED) is 0.448. The maximum atomic E-state index is 11.7. The molecule has 0 saturated heterocycles. The lowest BCUT2D eigenvalue weighted by molar-refractivity contribution is 0.828. The van der Waals surface area contributed by atoms with Crippen LogP contribution in [0, 0.1) is 6.92 Å². The van der Waals surface area contributed by atoms with E-state index < -0.39 is 11.2 Å². The fraction of sp³-hybridized carbons (Fsp3) is 0.143. The summed E-state index contributed by atoms with van der Waals surface area (Å²) in [5, 5.41) is 10.1. The van der Waals surface area contributed by atoms with E-state index in [1.54, 1.807) is 0 Å². The molecule has 0 aliphatic heterocycles. The average molecular weight is 440 g/mol. The fourth-order valence-corrected chi connectivity index (χ4v) is 4.22. The molecule has 4 aromatic rings. The van der Waals surface area contributed by atoms with Crippen molar-refractivity contribution in [1.29, 1.82) is 0 Å². The Kier molecular flexibility index (Phi) is 5.87. The fourth-order valence-electron chi connectivity index (χ4n) is 3.09. The van der Waals surface area contributed by atoms with Crippen LogP contribution in [-0.2, 0) is 12.2 Å². The molecule has 0 amide bonds. The number of hydrogen-bond acceptors (Lipinski definition) is 5.